The highest BCUT2D eigenvalue weighted by Gasteiger charge is 2.02. The summed E-state index contributed by atoms with van der Waals surface area (Å²) in [5.74, 6) is 0.603. The first kappa shape index (κ1) is 17.4. The third-order valence-corrected chi connectivity index (χ3v) is 4.12. The Bertz CT molecular complexity index is 639. The lowest BCUT2D eigenvalue weighted by Crippen LogP contribution is -2.38. The van der Waals surface area contributed by atoms with Crippen LogP contribution in [0.1, 0.15) is 23.2 Å². The molecule has 0 atom stereocenters. The second kappa shape index (κ2) is 9.25. The summed E-state index contributed by atoms with van der Waals surface area (Å²) >= 11 is 1.66. The SMILES string of the molecule is CCNC(=NCCc1csc(C)n1)NCCc1ccccc1F. The van der Waals surface area contributed by atoms with Gasteiger partial charge in [0.1, 0.15) is 5.82 Å². The largest absolute Gasteiger partial charge is 0.357 e. The molecule has 2 rings (SSSR count). The standard InChI is InChI=1S/C17H23FN4S/c1-3-19-17(21-11-9-15-12-23-13(2)22-15)20-10-8-14-6-4-5-7-16(14)18/h4-7,12H,3,8-11H2,1-2H3,(H2,19,20,21). The molecule has 0 unspecified atom stereocenters. The summed E-state index contributed by atoms with van der Waals surface area (Å²) < 4.78 is 13.6. The predicted octanol–water partition coefficient (Wildman–Crippen LogP) is 2.93. The third-order valence-electron chi connectivity index (χ3n) is 3.29. The molecule has 1 aromatic heterocycles. The average Bonchev–Trinajstić information content (AvgIpc) is 2.94. The number of aryl methyl sites for hydroxylation is 1. The second-order valence-corrected chi connectivity index (χ2v) is 6.20. The van der Waals surface area contributed by atoms with Crippen LogP contribution in [-0.2, 0) is 12.8 Å². The smallest absolute Gasteiger partial charge is 0.191 e. The van der Waals surface area contributed by atoms with Crippen molar-refractivity contribution >= 4 is 17.3 Å². The molecule has 6 heteroatoms. The van der Waals surface area contributed by atoms with Crippen molar-refractivity contribution in [1.82, 2.24) is 15.6 Å². The van der Waals surface area contributed by atoms with Gasteiger partial charge in [-0.1, -0.05) is 18.2 Å². The number of hydrogen-bond acceptors (Lipinski definition) is 3. The molecule has 2 N–H and O–H groups in total. The van der Waals surface area contributed by atoms with Crippen LogP contribution >= 0.6 is 11.3 Å². The van der Waals surface area contributed by atoms with E-state index in [2.05, 4.69) is 26.0 Å². The molecule has 4 nitrogen and oxygen atoms in total. The van der Waals surface area contributed by atoms with Gasteiger partial charge in [0.25, 0.3) is 0 Å². The van der Waals surface area contributed by atoms with Gasteiger partial charge in [0.15, 0.2) is 5.96 Å². The lowest BCUT2D eigenvalue weighted by molar-refractivity contribution is 0.606. The minimum atomic E-state index is -0.157. The summed E-state index contributed by atoms with van der Waals surface area (Å²) in [5, 5.41) is 9.60. The van der Waals surface area contributed by atoms with Crippen LogP contribution in [-0.4, -0.2) is 30.6 Å². The van der Waals surface area contributed by atoms with Crippen LogP contribution in [0.3, 0.4) is 0 Å². The van der Waals surface area contributed by atoms with Crippen LogP contribution in [0.4, 0.5) is 4.39 Å². The molecule has 0 aliphatic carbocycles. The number of halogens is 1. The fraction of sp³-hybridized carbons (Fsp3) is 0.412. The zero-order valence-corrected chi connectivity index (χ0v) is 14.4. The summed E-state index contributed by atoms with van der Waals surface area (Å²) in [6.07, 6.45) is 1.45. The Morgan fingerprint density at radius 3 is 2.78 bits per heavy atom. The molecule has 2 aromatic rings. The van der Waals surface area contributed by atoms with Gasteiger partial charge in [0.2, 0.25) is 0 Å². The average molecular weight is 334 g/mol. The molecule has 0 saturated carbocycles. The number of guanidine groups is 1. The van der Waals surface area contributed by atoms with Crippen molar-refractivity contribution in [3.63, 3.8) is 0 Å². The molecule has 0 amide bonds. The molecule has 1 heterocycles. The fourth-order valence-electron chi connectivity index (χ4n) is 2.16. The van der Waals surface area contributed by atoms with Crippen LogP contribution in [0.5, 0.6) is 0 Å². The van der Waals surface area contributed by atoms with E-state index in [0.29, 0.717) is 25.1 Å². The van der Waals surface area contributed by atoms with Crippen molar-refractivity contribution < 1.29 is 4.39 Å². The monoisotopic (exact) mass is 334 g/mol. The topological polar surface area (TPSA) is 49.3 Å². The maximum Gasteiger partial charge on any atom is 0.191 e. The van der Waals surface area contributed by atoms with Crippen molar-refractivity contribution in [1.29, 1.82) is 0 Å². The minimum Gasteiger partial charge on any atom is -0.357 e. The molecule has 0 saturated heterocycles. The van der Waals surface area contributed by atoms with E-state index in [-0.39, 0.29) is 5.82 Å². The van der Waals surface area contributed by atoms with Gasteiger partial charge in [-0.25, -0.2) is 9.37 Å². The summed E-state index contributed by atoms with van der Waals surface area (Å²) in [6.45, 7) is 6.14. The highest BCUT2D eigenvalue weighted by molar-refractivity contribution is 7.09. The number of nitrogens with one attached hydrogen (secondary N) is 2. The van der Waals surface area contributed by atoms with Gasteiger partial charge in [-0.2, -0.15) is 0 Å². The van der Waals surface area contributed by atoms with Gasteiger partial charge >= 0.3 is 0 Å². The maximum atomic E-state index is 13.6. The minimum absolute atomic E-state index is 0.157. The summed E-state index contributed by atoms with van der Waals surface area (Å²) in [7, 11) is 0. The van der Waals surface area contributed by atoms with E-state index in [1.54, 1.807) is 17.4 Å². The molecule has 0 spiro atoms. The van der Waals surface area contributed by atoms with Gasteiger partial charge in [0.05, 0.1) is 10.7 Å². The van der Waals surface area contributed by atoms with Crippen molar-refractivity contribution in [2.45, 2.75) is 26.7 Å². The molecule has 0 aliphatic rings. The Kier molecular flexibility index (Phi) is 7.00. The Hall–Kier alpha value is -1.95. The van der Waals surface area contributed by atoms with Crippen LogP contribution < -0.4 is 10.6 Å². The highest BCUT2D eigenvalue weighted by atomic mass is 32.1. The molecule has 23 heavy (non-hydrogen) atoms. The zero-order valence-electron chi connectivity index (χ0n) is 13.6. The number of aromatic nitrogens is 1. The van der Waals surface area contributed by atoms with Crippen molar-refractivity contribution in [2.75, 3.05) is 19.6 Å². The van der Waals surface area contributed by atoms with E-state index in [1.165, 1.54) is 6.07 Å². The van der Waals surface area contributed by atoms with E-state index in [0.717, 1.165) is 29.6 Å². The number of nitrogens with zero attached hydrogens (tertiary/aromatic N) is 2. The molecule has 0 fully saturated rings. The first-order valence-electron chi connectivity index (χ1n) is 7.85. The van der Waals surface area contributed by atoms with E-state index >= 15 is 0 Å². The first-order chi connectivity index (χ1) is 11.2. The fourth-order valence-corrected chi connectivity index (χ4v) is 2.81. The lowest BCUT2D eigenvalue weighted by Gasteiger charge is -2.11. The number of benzene rings is 1. The predicted molar refractivity (Wildman–Crippen MR) is 94.6 cm³/mol. The highest BCUT2D eigenvalue weighted by Crippen LogP contribution is 2.08. The van der Waals surface area contributed by atoms with Gasteiger partial charge in [-0.3, -0.25) is 4.99 Å². The molecule has 0 radical (unpaired) electrons. The van der Waals surface area contributed by atoms with Crippen LogP contribution in [0.15, 0.2) is 34.6 Å². The summed E-state index contributed by atoms with van der Waals surface area (Å²) in [6, 6.07) is 6.86. The van der Waals surface area contributed by atoms with Crippen molar-refractivity contribution in [3.05, 3.63) is 51.7 Å². The van der Waals surface area contributed by atoms with Gasteiger partial charge in [0, 0.05) is 31.4 Å². The van der Waals surface area contributed by atoms with E-state index in [9.17, 15) is 4.39 Å². The van der Waals surface area contributed by atoms with Crippen molar-refractivity contribution in [3.8, 4) is 0 Å². The van der Waals surface area contributed by atoms with Gasteiger partial charge < -0.3 is 10.6 Å². The number of thiazole rings is 1. The molecule has 0 aliphatic heterocycles. The Morgan fingerprint density at radius 2 is 2.09 bits per heavy atom. The maximum absolute atomic E-state index is 13.6. The zero-order chi connectivity index (χ0) is 16.5. The van der Waals surface area contributed by atoms with E-state index in [1.807, 2.05) is 26.0 Å². The summed E-state index contributed by atoms with van der Waals surface area (Å²) in [5.41, 5.74) is 1.80. The Morgan fingerprint density at radius 1 is 1.26 bits per heavy atom. The van der Waals surface area contributed by atoms with E-state index in [4.69, 9.17) is 0 Å². The van der Waals surface area contributed by atoms with Crippen molar-refractivity contribution in [2.24, 2.45) is 4.99 Å². The summed E-state index contributed by atoms with van der Waals surface area (Å²) in [4.78, 5) is 8.97. The molecule has 124 valence electrons. The number of aliphatic imine (C=N–C) groups is 1. The molecule has 0 bridgehead atoms. The molecule has 1 aromatic carbocycles. The number of hydrogen-bond donors (Lipinski definition) is 2. The lowest BCUT2D eigenvalue weighted by atomic mass is 10.1. The molecular formula is C17H23FN4S. The Labute approximate surface area is 140 Å². The van der Waals surface area contributed by atoms with Crippen LogP contribution in [0.2, 0.25) is 0 Å². The van der Waals surface area contributed by atoms with Crippen LogP contribution in [0.25, 0.3) is 0 Å². The first-order valence-corrected chi connectivity index (χ1v) is 8.73. The second-order valence-electron chi connectivity index (χ2n) is 5.14. The Balaban J connectivity index is 1.80. The normalized spacial score (nSPS) is 11.5. The van der Waals surface area contributed by atoms with E-state index < -0.39 is 0 Å². The van der Waals surface area contributed by atoms with Gasteiger partial charge in [-0.15, -0.1) is 11.3 Å². The number of rotatable bonds is 7. The molecular weight excluding hydrogens is 311 g/mol. The quantitative estimate of drug-likeness (QED) is 0.605. The van der Waals surface area contributed by atoms with Crippen LogP contribution in [0, 0.1) is 12.7 Å². The van der Waals surface area contributed by atoms with Gasteiger partial charge in [-0.05, 0) is 31.9 Å². The third kappa shape index (κ3) is 5.98.